The highest BCUT2D eigenvalue weighted by atomic mass is 79.9. The normalized spacial score (nSPS) is 9.80. The largest absolute Gasteiger partial charge is 0.244 e. The highest BCUT2D eigenvalue weighted by molar-refractivity contribution is 9.10. The molecular weight excluding hydrogens is 196 g/mol. The molecule has 0 amide bonds. The van der Waals surface area contributed by atoms with Crippen LogP contribution in [0.3, 0.4) is 0 Å². The molecule has 0 aromatic carbocycles. The zero-order valence-electron chi connectivity index (χ0n) is 5.56. The molecule has 52 valence electrons. The van der Waals surface area contributed by atoms with Gasteiger partial charge in [-0.15, -0.1) is 0 Å². The molecule has 4 heteroatoms. The van der Waals surface area contributed by atoms with Crippen LogP contribution < -0.4 is 0 Å². The molecule has 0 unspecified atom stereocenters. The summed E-state index contributed by atoms with van der Waals surface area (Å²) in [5.41, 5.74) is 0.897. The van der Waals surface area contributed by atoms with Crippen LogP contribution in [0.25, 0.3) is 0 Å². The van der Waals surface area contributed by atoms with Crippen LogP contribution in [0, 0.1) is 5.82 Å². The fourth-order valence-electron chi connectivity index (χ4n) is 0.652. The predicted octanol–water partition coefficient (Wildman–Crippen LogP) is 1.12. The van der Waals surface area contributed by atoms with Gasteiger partial charge in [0.15, 0.2) is 5.82 Å². The minimum absolute atomic E-state index is 0.298. The summed E-state index contributed by atoms with van der Waals surface area (Å²) in [4.78, 5) is 3.93. The van der Waals surface area contributed by atoms with E-state index in [2.05, 4.69) is 20.9 Å². The number of aromatic nitrogens is 1. The Kier molecular flexibility index (Phi) is 2.43. The van der Waals surface area contributed by atoms with E-state index in [0.717, 1.165) is 12.0 Å². The Hall–Kier alpha value is -0.375. The summed E-state index contributed by atoms with van der Waals surface area (Å²) in [6.07, 6.45) is 0.832. The lowest BCUT2D eigenvalue weighted by atomic mass is 10.0. The first-order valence-corrected chi connectivity index (χ1v) is 3.84. The molecule has 1 aromatic rings. The molecule has 1 nitrogen and oxygen atoms in total. The lowest BCUT2D eigenvalue weighted by molar-refractivity contribution is 0.611. The molecular formula is C6H6BBrFN. The van der Waals surface area contributed by atoms with E-state index in [-0.39, 0.29) is 5.82 Å². The van der Waals surface area contributed by atoms with Gasteiger partial charge in [-0.2, -0.15) is 0 Å². The standard InChI is InChI=1S/C6H6BBrFN/c7-3-4-1-2-5(9)6(8)10-4/h1-2H,3,7H2. The Bertz CT molecular complexity index is 241. The Morgan fingerprint density at radius 2 is 2.30 bits per heavy atom. The molecule has 0 aliphatic heterocycles. The third-order valence-electron chi connectivity index (χ3n) is 1.22. The minimum Gasteiger partial charge on any atom is -0.244 e. The van der Waals surface area contributed by atoms with Crippen molar-refractivity contribution in [3.8, 4) is 0 Å². The Morgan fingerprint density at radius 1 is 1.60 bits per heavy atom. The van der Waals surface area contributed by atoms with Crippen molar-refractivity contribution in [3.63, 3.8) is 0 Å². The Labute approximate surface area is 68.2 Å². The number of hydrogen-bond donors (Lipinski definition) is 0. The fourth-order valence-corrected chi connectivity index (χ4v) is 1.01. The zero-order valence-corrected chi connectivity index (χ0v) is 7.15. The van der Waals surface area contributed by atoms with Gasteiger partial charge < -0.3 is 0 Å². The van der Waals surface area contributed by atoms with E-state index in [1.807, 2.05) is 7.85 Å². The molecule has 10 heavy (non-hydrogen) atoms. The smallest absolute Gasteiger partial charge is 0.155 e. The maximum atomic E-state index is 12.5. The van der Waals surface area contributed by atoms with Gasteiger partial charge in [0.05, 0.1) is 0 Å². The maximum absolute atomic E-state index is 12.5. The van der Waals surface area contributed by atoms with Crippen molar-refractivity contribution in [3.05, 3.63) is 28.2 Å². The van der Waals surface area contributed by atoms with Gasteiger partial charge in [0.25, 0.3) is 0 Å². The average molecular weight is 202 g/mol. The summed E-state index contributed by atoms with van der Waals surface area (Å²) < 4.78 is 12.8. The monoisotopic (exact) mass is 201 g/mol. The lowest BCUT2D eigenvalue weighted by Gasteiger charge is -1.96. The second-order valence-electron chi connectivity index (χ2n) is 1.93. The van der Waals surface area contributed by atoms with E-state index in [9.17, 15) is 4.39 Å². The summed E-state index contributed by atoms with van der Waals surface area (Å²) in [5, 5.41) is 0. The first kappa shape index (κ1) is 7.73. The maximum Gasteiger partial charge on any atom is 0.155 e. The van der Waals surface area contributed by atoms with Crippen LogP contribution in [-0.4, -0.2) is 12.8 Å². The zero-order chi connectivity index (χ0) is 7.56. The molecule has 1 heterocycles. The molecule has 0 aliphatic rings. The van der Waals surface area contributed by atoms with Crippen LogP contribution in [0.2, 0.25) is 0 Å². The number of halogens is 2. The SMILES string of the molecule is BCc1ccc(F)c(Br)n1. The van der Waals surface area contributed by atoms with Crippen LogP contribution in [0.5, 0.6) is 0 Å². The third kappa shape index (κ3) is 1.56. The van der Waals surface area contributed by atoms with Crippen molar-refractivity contribution >= 4 is 23.8 Å². The summed E-state index contributed by atoms with van der Waals surface area (Å²) in [7, 11) is 1.98. The fraction of sp³-hybridized carbons (Fsp3) is 0.167. The molecule has 1 rings (SSSR count). The first-order valence-electron chi connectivity index (χ1n) is 3.05. The molecule has 0 aliphatic carbocycles. The number of nitrogens with zero attached hydrogens (tertiary/aromatic N) is 1. The molecule has 0 saturated carbocycles. The van der Waals surface area contributed by atoms with E-state index in [1.54, 1.807) is 6.07 Å². The molecule has 0 bridgehead atoms. The van der Waals surface area contributed by atoms with E-state index in [0.29, 0.717) is 4.60 Å². The molecule has 1 aromatic heterocycles. The van der Waals surface area contributed by atoms with Gasteiger partial charge in [-0.25, -0.2) is 9.37 Å². The third-order valence-corrected chi connectivity index (χ3v) is 1.78. The lowest BCUT2D eigenvalue weighted by Crippen LogP contribution is -1.91. The van der Waals surface area contributed by atoms with Crippen molar-refractivity contribution in [1.29, 1.82) is 0 Å². The summed E-state index contributed by atoms with van der Waals surface area (Å²) in [6, 6.07) is 3.09. The van der Waals surface area contributed by atoms with Gasteiger partial charge >= 0.3 is 0 Å². The first-order chi connectivity index (χ1) is 4.74. The summed E-state index contributed by atoms with van der Waals surface area (Å²) in [6.45, 7) is 0. The topological polar surface area (TPSA) is 12.9 Å². The number of rotatable bonds is 1. The van der Waals surface area contributed by atoms with Crippen molar-refractivity contribution in [2.24, 2.45) is 0 Å². The molecule has 0 N–H and O–H groups in total. The summed E-state index contributed by atoms with van der Waals surface area (Å²) >= 11 is 3.00. The molecule has 0 spiro atoms. The quantitative estimate of drug-likeness (QED) is 0.490. The molecule has 0 radical (unpaired) electrons. The molecule has 0 saturated heterocycles. The molecule has 0 fully saturated rings. The van der Waals surface area contributed by atoms with Crippen molar-refractivity contribution in [2.75, 3.05) is 0 Å². The van der Waals surface area contributed by atoms with Gasteiger partial charge in [0.1, 0.15) is 12.4 Å². The Morgan fingerprint density at radius 3 is 2.80 bits per heavy atom. The van der Waals surface area contributed by atoms with Crippen molar-refractivity contribution < 1.29 is 4.39 Å². The predicted molar refractivity (Wildman–Crippen MR) is 44.1 cm³/mol. The van der Waals surface area contributed by atoms with E-state index < -0.39 is 0 Å². The number of hydrogen-bond acceptors (Lipinski definition) is 1. The van der Waals surface area contributed by atoms with Gasteiger partial charge in [0.2, 0.25) is 0 Å². The second-order valence-corrected chi connectivity index (χ2v) is 2.68. The van der Waals surface area contributed by atoms with Crippen LogP contribution in [0.4, 0.5) is 4.39 Å². The van der Waals surface area contributed by atoms with Gasteiger partial charge in [-0.1, -0.05) is 0 Å². The van der Waals surface area contributed by atoms with Crippen LogP contribution >= 0.6 is 15.9 Å². The van der Waals surface area contributed by atoms with Crippen LogP contribution in [0.15, 0.2) is 16.7 Å². The Balaban J connectivity index is 3.04. The van der Waals surface area contributed by atoms with Gasteiger partial charge in [0, 0.05) is 5.69 Å². The number of pyridine rings is 1. The van der Waals surface area contributed by atoms with E-state index in [4.69, 9.17) is 0 Å². The highest BCUT2D eigenvalue weighted by Crippen LogP contribution is 2.11. The van der Waals surface area contributed by atoms with E-state index >= 15 is 0 Å². The minimum atomic E-state index is -0.308. The van der Waals surface area contributed by atoms with E-state index in [1.165, 1.54) is 6.07 Å². The van der Waals surface area contributed by atoms with Crippen molar-refractivity contribution in [1.82, 2.24) is 4.98 Å². The van der Waals surface area contributed by atoms with Crippen LogP contribution in [0.1, 0.15) is 5.69 Å². The van der Waals surface area contributed by atoms with Crippen molar-refractivity contribution in [2.45, 2.75) is 6.32 Å². The van der Waals surface area contributed by atoms with Gasteiger partial charge in [-0.05, 0) is 34.4 Å². The summed E-state index contributed by atoms with van der Waals surface area (Å²) in [5.74, 6) is -0.308. The highest BCUT2D eigenvalue weighted by Gasteiger charge is 1.98. The second kappa shape index (κ2) is 3.15. The molecule has 0 atom stereocenters. The van der Waals surface area contributed by atoms with Crippen LogP contribution in [-0.2, 0) is 6.32 Å². The average Bonchev–Trinajstić information content (AvgIpc) is 1.95. The van der Waals surface area contributed by atoms with Gasteiger partial charge in [-0.3, -0.25) is 0 Å².